The van der Waals surface area contributed by atoms with Gasteiger partial charge in [0.15, 0.2) is 0 Å². The summed E-state index contributed by atoms with van der Waals surface area (Å²) >= 11 is 1.64. The van der Waals surface area contributed by atoms with E-state index >= 15 is 0 Å². The average Bonchev–Trinajstić information content (AvgIpc) is 3.04. The Balaban J connectivity index is 2.18. The molecule has 1 N–H and O–H groups in total. The third-order valence-corrected chi connectivity index (χ3v) is 4.50. The molecular formula is C15H14N2O3S. The van der Waals surface area contributed by atoms with Crippen LogP contribution in [0.25, 0.3) is 21.5 Å². The summed E-state index contributed by atoms with van der Waals surface area (Å²) in [5.41, 5.74) is 2.08. The highest BCUT2D eigenvalue weighted by Gasteiger charge is 2.21. The molecule has 6 heteroatoms. The minimum atomic E-state index is -1.13. The maximum Gasteiger partial charge on any atom is 0.374 e. The maximum absolute atomic E-state index is 10.9. The van der Waals surface area contributed by atoms with E-state index in [4.69, 9.17) is 14.6 Å². The minimum Gasteiger partial charge on any atom is -0.475 e. The number of aromatic nitrogens is 2. The molecule has 108 valence electrons. The fourth-order valence-electron chi connectivity index (χ4n) is 1.98. The number of carboxylic acids is 1. The molecular weight excluding hydrogens is 288 g/mol. The zero-order valence-corrected chi connectivity index (χ0v) is 12.7. The van der Waals surface area contributed by atoms with Crippen molar-refractivity contribution >= 4 is 27.5 Å². The van der Waals surface area contributed by atoms with Gasteiger partial charge in [0.1, 0.15) is 5.69 Å². The lowest BCUT2D eigenvalue weighted by atomic mass is 9.98. The highest BCUT2D eigenvalue weighted by atomic mass is 32.1. The lowest BCUT2D eigenvalue weighted by Crippen LogP contribution is -2.09. The average molecular weight is 302 g/mol. The zero-order chi connectivity index (χ0) is 15.2. The monoisotopic (exact) mass is 302 g/mol. The van der Waals surface area contributed by atoms with E-state index in [0.717, 1.165) is 20.8 Å². The summed E-state index contributed by atoms with van der Waals surface area (Å²) < 4.78 is 5.88. The fraction of sp³-hybridized carbons (Fsp3) is 0.267. The van der Waals surface area contributed by atoms with Crippen molar-refractivity contribution < 1.29 is 14.4 Å². The molecule has 0 unspecified atom stereocenters. The van der Waals surface area contributed by atoms with Gasteiger partial charge in [-0.2, -0.15) is 0 Å². The minimum absolute atomic E-state index is 0.0307. The Hall–Kier alpha value is -2.21. The number of benzene rings is 1. The van der Waals surface area contributed by atoms with Crippen LogP contribution in [0, 0.1) is 0 Å². The number of fused-ring (bicyclic) bond motifs is 1. The van der Waals surface area contributed by atoms with Gasteiger partial charge in [-0.3, -0.25) is 0 Å². The summed E-state index contributed by atoms with van der Waals surface area (Å²) in [6.45, 7) is 6.34. The molecule has 2 heterocycles. The number of hydrogen-bond acceptors (Lipinski definition) is 5. The van der Waals surface area contributed by atoms with Crippen LogP contribution in [0.15, 0.2) is 28.8 Å². The quantitative estimate of drug-likeness (QED) is 0.775. The van der Waals surface area contributed by atoms with Crippen molar-refractivity contribution in [1.82, 2.24) is 10.1 Å². The molecule has 0 spiro atoms. The highest BCUT2D eigenvalue weighted by Crippen LogP contribution is 2.35. The van der Waals surface area contributed by atoms with E-state index in [1.54, 1.807) is 11.3 Å². The van der Waals surface area contributed by atoms with E-state index in [2.05, 4.69) is 25.9 Å². The fourth-order valence-corrected chi connectivity index (χ4v) is 3.03. The predicted octanol–water partition coefficient (Wildman–Crippen LogP) is 3.95. The van der Waals surface area contributed by atoms with Crippen LogP contribution in [0.3, 0.4) is 0 Å². The van der Waals surface area contributed by atoms with Gasteiger partial charge in [0, 0.05) is 17.0 Å². The first-order valence-corrected chi connectivity index (χ1v) is 7.28. The van der Waals surface area contributed by atoms with Crippen LogP contribution in [-0.2, 0) is 5.41 Å². The van der Waals surface area contributed by atoms with Gasteiger partial charge >= 0.3 is 5.97 Å². The van der Waals surface area contributed by atoms with E-state index < -0.39 is 5.97 Å². The Morgan fingerprint density at radius 1 is 1.33 bits per heavy atom. The van der Waals surface area contributed by atoms with Gasteiger partial charge in [-0.25, -0.2) is 9.78 Å². The molecule has 5 nitrogen and oxygen atoms in total. The number of para-hydroxylation sites is 1. The van der Waals surface area contributed by atoms with Crippen molar-refractivity contribution in [2.75, 3.05) is 0 Å². The summed E-state index contributed by atoms with van der Waals surface area (Å²) in [6, 6.07) is 7.21. The molecule has 2 aromatic heterocycles. The molecule has 0 atom stereocenters. The van der Waals surface area contributed by atoms with Crippen LogP contribution < -0.4 is 0 Å². The number of hydrogen-bond donors (Lipinski definition) is 1. The third-order valence-electron chi connectivity index (χ3n) is 3.06. The molecule has 0 aliphatic heterocycles. The molecule has 0 bridgehead atoms. The Bertz CT molecular complexity index is 827. The van der Waals surface area contributed by atoms with Crippen molar-refractivity contribution in [3.05, 3.63) is 35.0 Å². The van der Waals surface area contributed by atoms with Crippen molar-refractivity contribution in [1.29, 1.82) is 0 Å². The maximum atomic E-state index is 10.9. The van der Waals surface area contributed by atoms with Crippen LogP contribution in [0.2, 0.25) is 0 Å². The van der Waals surface area contributed by atoms with Crippen molar-refractivity contribution in [2.45, 2.75) is 26.2 Å². The molecule has 0 aliphatic rings. The highest BCUT2D eigenvalue weighted by molar-refractivity contribution is 7.18. The van der Waals surface area contributed by atoms with E-state index in [1.807, 2.05) is 18.2 Å². The first kappa shape index (κ1) is 13.8. The number of carbonyl (C=O) groups is 1. The van der Waals surface area contributed by atoms with Crippen LogP contribution in [-0.4, -0.2) is 21.2 Å². The lowest BCUT2D eigenvalue weighted by molar-refractivity contribution is 0.0652. The lowest BCUT2D eigenvalue weighted by Gasteiger charge is -2.13. The normalized spacial score (nSPS) is 12.0. The summed E-state index contributed by atoms with van der Waals surface area (Å²) in [4.78, 5) is 15.6. The van der Waals surface area contributed by atoms with Crippen LogP contribution >= 0.6 is 11.3 Å². The number of rotatable bonds is 2. The number of thiazole rings is 1. The molecule has 0 aliphatic carbocycles. The number of carboxylic acid groups (broad SMARTS) is 1. The van der Waals surface area contributed by atoms with Crippen molar-refractivity contribution in [3.8, 4) is 11.3 Å². The third kappa shape index (κ3) is 2.42. The molecule has 0 fully saturated rings. The van der Waals surface area contributed by atoms with Gasteiger partial charge in [0.2, 0.25) is 5.76 Å². The largest absolute Gasteiger partial charge is 0.475 e. The first-order chi connectivity index (χ1) is 9.86. The standard InChI is InChI=1S/C15H14N2O3S/c1-15(2,3)14-16-12-8(5-4-6-11(12)21-14)9-7-10(13(18)19)20-17-9/h4-7H,1-3H3,(H,18,19). The van der Waals surface area contributed by atoms with Gasteiger partial charge in [-0.1, -0.05) is 38.1 Å². The Morgan fingerprint density at radius 2 is 2.10 bits per heavy atom. The van der Waals surface area contributed by atoms with Gasteiger partial charge in [-0.15, -0.1) is 11.3 Å². The second-order valence-corrected chi connectivity index (χ2v) is 6.83. The molecule has 0 radical (unpaired) electrons. The zero-order valence-electron chi connectivity index (χ0n) is 11.9. The molecule has 3 aromatic rings. The van der Waals surface area contributed by atoms with Crippen LogP contribution in [0.4, 0.5) is 0 Å². The number of aromatic carboxylic acids is 1. The van der Waals surface area contributed by atoms with Gasteiger partial charge < -0.3 is 9.63 Å². The topological polar surface area (TPSA) is 76.2 Å². The second kappa shape index (κ2) is 4.66. The van der Waals surface area contributed by atoms with Crippen LogP contribution in [0.5, 0.6) is 0 Å². The van der Waals surface area contributed by atoms with Crippen molar-refractivity contribution in [3.63, 3.8) is 0 Å². The predicted molar refractivity (Wildman–Crippen MR) is 80.8 cm³/mol. The Morgan fingerprint density at radius 3 is 2.71 bits per heavy atom. The van der Waals surface area contributed by atoms with Crippen LogP contribution in [0.1, 0.15) is 36.3 Å². The SMILES string of the molecule is CC(C)(C)c1nc2c(-c3cc(C(=O)O)on3)cccc2s1. The van der Waals surface area contributed by atoms with Gasteiger partial charge in [0.05, 0.1) is 15.2 Å². The molecule has 0 saturated heterocycles. The van der Waals surface area contributed by atoms with Gasteiger partial charge in [-0.05, 0) is 6.07 Å². The second-order valence-electron chi connectivity index (χ2n) is 5.80. The van der Waals surface area contributed by atoms with E-state index in [-0.39, 0.29) is 11.2 Å². The van der Waals surface area contributed by atoms with E-state index in [9.17, 15) is 4.79 Å². The summed E-state index contributed by atoms with van der Waals surface area (Å²) in [7, 11) is 0. The molecule has 3 rings (SSSR count). The van der Waals surface area contributed by atoms with E-state index in [0.29, 0.717) is 5.69 Å². The smallest absolute Gasteiger partial charge is 0.374 e. The molecule has 1 aromatic carbocycles. The first-order valence-electron chi connectivity index (χ1n) is 6.46. The van der Waals surface area contributed by atoms with Gasteiger partial charge in [0.25, 0.3) is 0 Å². The summed E-state index contributed by atoms with van der Waals surface area (Å²) in [5.74, 6) is -1.30. The van der Waals surface area contributed by atoms with Crippen molar-refractivity contribution in [2.24, 2.45) is 0 Å². The van der Waals surface area contributed by atoms with E-state index in [1.165, 1.54) is 6.07 Å². The summed E-state index contributed by atoms with van der Waals surface area (Å²) in [6.07, 6.45) is 0. The Labute approximate surface area is 125 Å². The molecule has 0 saturated carbocycles. The Kier molecular flexibility index (Phi) is 3.06. The number of nitrogens with zero attached hydrogens (tertiary/aromatic N) is 2. The molecule has 21 heavy (non-hydrogen) atoms. The molecule has 0 amide bonds. The summed E-state index contributed by atoms with van der Waals surface area (Å²) in [5, 5.41) is 13.8.